The van der Waals surface area contributed by atoms with Crippen LogP contribution in [0.5, 0.6) is 0 Å². The molecule has 110 valence electrons. The molecular weight excluding hydrogens is 261 g/mol. The van der Waals surface area contributed by atoms with Crippen LogP contribution in [0.3, 0.4) is 0 Å². The van der Waals surface area contributed by atoms with E-state index in [1.165, 1.54) is 12.1 Å². The zero-order valence-corrected chi connectivity index (χ0v) is 11.6. The molecule has 0 unspecified atom stereocenters. The van der Waals surface area contributed by atoms with Gasteiger partial charge >= 0.3 is 0 Å². The Bertz CT molecular complexity index is 475. The van der Waals surface area contributed by atoms with E-state index in [1.807, 2.05) is 11.8 Å². The van der Waals surface area contributed by atoms with Crippen molar-refractivity contribution in [3.63, 3.8) is 0 Å². The van der Waals surface area contributed by atoms with Crippen LogP contribution >= 0.6 is 0 Å². The molecule has 1 aliphatic rings. The van der Waals surface area contributed by atoms with E-state index in [9.17, 15) is 14.5 Å². The van der Waals surface area contributed by atoms with Crippen molar-refractivity contribution in [1.82, 2.24) is 5.32 Å². The van der Waals surface area contributed by atoms with Gasteiger partial charge in [0.05, 0.1) is 11.0 Å². The summed E-state index contributed by atoms with van der Waals surface area (Å²) >= 11 is 0. The van der Waals surface area contributed by atoms with Crippen LogP contribution in [0.1, 0.15) is 19.8 Å². The molecule has 1 aromatic rings. The quantitative estimate of drug-likeness (QED) is 0.665. The fourth-order valence-electron chi connectivity index (χ4n) is 2.68. The molecule has 1 aromatic carbocycles. The number of nitro groups is 1. The van der Waals surface area contributed by atoms with E-state index in [2.05, 4.69) is 5.32 Å². The number of nitrogens with one attached hydrogen (secondary N) is 1. The molecular formula is C14H20FN3O2. The highest BCUT2D eigenvalue weighted by Gasteiger charge is 2.22. The minimum atomic E-state index is -0.571. The van der Waals surface area contributed by atoms with E-state index in [1.54, 1.807) is 0 Å². The summed E-state index contributed by atoms with van der Waals surface area (Å²) in [6.07, 6.45) is 2.15. The highest BCUT2D eigenvalue weighted by atomic mass is 19.1. The smallest absolute Gasteiger partial charge is 0.295 e. The molecule has 1 fully saturated rings. The Morgan fingerprint density at radius 2 is 2.15 bits per heavy atom. The summed E-state index contributed by atoms with van der Waals surface area (Å²) in [6, 6.07) is 3.80. The molecule has 0 radical (unpaired) electrons. The number of hydrogen-bond acceptors (Lipinski definition) is 4. The number of halogens is 1. The number of piperidine rings is 1. The molecule has 1 aliphatic heterocycles. The molecule has 2 rings (SSSR count). The maximum Gasteiger partial charge on any atom is 0.295 e. The first-order valence-electron chi connectivity index (χ1n) is 7.01. The summed E-state index contributed by atoms with van der Waals surface area (Å²) in [4.78, 5) is 12.6. The van der Waals surface area contributed by atoms with Crippen LogP contribution in [-0.2, 0) is 0 Å². The van der Waals surface area contributed by atoms with Gasteiger partial charge in [-0.15, -0.1) is 0 Å². The van der Waals surface area contributed by atoms with Crippen molar-refractivity contribution in [2.45, 2.75) is 19.8 Å². The molecule has 5 nitrogen and oxygen atoms in total. The normalized spacial score (nSPS) is 16.1. The van der Waals surface area contributed by atoms with E-state index in [-0.39, 0.29) is 5.69 Å². The molecule has 0 bridgehead atoms. The van der Waals surface area contributed by atoms with Crippen LogP contribution in [0, 0.1) is 21.8 Å². The molecule has 0 spiro atoms. The lowest BCUT2D eigenvalue weighted by Gasteiger charge is -2.30. The second-order valence-electron chi connectivity index (χ2n) is 5.12. The van der Waals surface area contributed by atoms with Gasteiger partial charge in [0.2, 0.25) is 0 Å². The SMILES string of the molecule is CCN(CC1CCNCC1)c1ccc(F)cc1[N+](=O)[O-]. The van der Waals surface area contributed by atoms with Crippen molar-refractivity contribution < 1.29 is 9.31 Å². The maximum absolute atomic E-state index is 13.2. The highest BCUT2D eigenvalue weighted by Crippen LogP contribution is 2.30. The predicted molar refractivity (Wildman–Crippen MR) is 76.5 cm³/mol. The summed E-state index contributed by atoms with van der Waals surface area (Å²) < 4.78 is 13.2. The molecule has 0 aliphatic carbocycles. The van der Waals surface area contributed by atoms with Crippen LogP contribution in [0.2, 0.25) is 0 Å². The van der Waals surface area contributed by atoms with Gasteiger partial charge in [-0.05, 0) is 50.9 Å². The molecule has 0 amide bonds. The molecule has 20 heavy (non-hydrogen) atoms. The standard InChI is InChI=1S/C14H20FN3O2/c1-2-17(10-11-5-7-16-8-6-11)13-4-3-12(15)9-14(13)18(19)20/h3-4,9,11,16H,2,5-8,10H2,1H3. The Balaban J connectivity index is 2.19. The zero-order chi connectivity index (χ0) is 14.5. The lowest BCUT2D eigenvalue weighted by atomic mass is 9.97. The van der Waals surface area contributed by atoms with Gasteiger partial charge in [-0.2, -0.15) is 0 Å². The summed E-state index contributed by atoms with van der Waals surface area (Å²) in [5.41, 5.74) is 0.359. The summed E-state index contributed by atoms with van der Waals surface area (Å²) in [5, 5.41) is 14.4. The summed E-state index contributed by atoms with van der Waals surface area (Å²) in [5.74, 6) is -0.0424. The predicted octanol–water partition coefficient (Wildman–Crippen LogP) is 2.56. The van der Waals surface area contributed by atoms with Gasteiger partial charge in [-0.1, -0.05) is 0 Å². The monoisotopic (exact) mass is 281 g/mol. The van der Waals surface area contributed by atoms with Crippen LogP contribution in [-0.4, -0.2) is 31.1 Å². The molecule has 1 saturated heterocycles. The average Bonchev–Trinajstić information content (AvgIpc) is 2.46. The van der Waals surface area contributed by atoms with Crippen LogP contribution in [0.4, 0.5) is 15.8 Å². The Hall–Kier alpha value is -1.69. The molecule has 0 atom stereocenters. The van der Waals surface area contributed by atoms with Crippen molar-refractivity contribution >= 4 is 11.4 Å². The van der Waals surface area contributed by atoms with Gasteiger partial charge in [0.15, 0.2) is 0 Å². The number of hydrogen-bond donors (Lipinski definition) is 1. The summed E-state index contributed by atoms with van der Waals surface area (Å²) in [6.45, 7) is 5.41. The second kappa shape index (κ2) is 6.65. The molecule has 0 aromatic heterocycles. The van der Waals surface area contributed by atoms with Gasteiger partial charge in [-0.25, -0.2) is 4.39 Å². The van der Waals surface area contributed by atoms with Crippen LogP contribution in [0.15, 0.2) is 18.2 Å². The van der Waals surface area contributed by atoms with E-state index in [4.69, 9.17) is 0 Å². The number of benzene rings is 1. The third-order valence-corrected chi connectivity index (χ3v) is 3.79. The minimum Gasteiger partial charge on any atom is -0.366 e. The lowest BCUT2D eigenvalue weighted by molar-refractivity contribution is -0.384. The number of nitro benzene ring substituents is 1. The van der Waals surface area contributed by atoms with Crippen LogP contribution < -0.4 is 10.2 Å². The van der Waals surface area contributed by atoms with E-state index in [0.717, 1.165) is 38.5 Å². The number of nitrogens with zero attached hydrogens (tertiary/aromatic N) is 2. The second-order valence-corrected chi connectivity index (χ2v) is 5.12. The first kappa shape index (κ1) is 14.7. The van der Waals surface area contributed by atoms with E-state index < -0.39 is 10.7 Å². The fraction of sp³-hybridized carbons (Fsp3) is 0.571. The van der Waals surface area contributed by atoms with E-state index in [0.29, 0.717) is 18.2 Å². The van der Waals surface area contributed by atoms with Crippen molar-refractivity contribution in [1.29, 1.82) is 0 Å². The third-order valence-electron chi connectivity index (χ3n) is 3.79. The van der Waals surface area contributed by atoms with Crippen molar-refractivity contribution in [3.05, 3.63) is 34.1 Å². The van der Waals surface area contributed by atoms with Gasteiger partial charge in [0.25, 0.3) is 5.69 Å². The molecule has 6 heteroatoms. The van der Waals surface area contributed by atoms with Crippen LogP contribution in [0.25, 0.3) is 0 Å². The highest BCUT2D eigenvalue weighted by molar-refractivity contribution is 5.63. The number of rotatable bonds is 5. The van der Waals surface area contributed by atoms with Gasteiger partial charge in [0, 0.05) is 13.1 Å². The minimum absolute atomic E-state index is 0.152. The third kappa shape index (κ3) is 3.45. The lowest BCUT2D eigenvalue weighted by Crippen LogP contribution is -2.36. The molecule has 1 N–H and O–H groups in total. The largest absolute Gasteiger partial charge is 0.366 e. The van der Waals surface area contributed by atoms with Crippen molar-refractivity contribution in [3.8, 4) is 0 Å². The van der Waals surface area contributed by atoms with E-state index >= 15 is 0 Å². The Labute approximate surface area is 117 Å². The Kier molecular flexibility index (Phi) is 4.89. The molecule has 0 saturated carbocycles. The fourth-order valence-corrected chi connectivity index (χ4v) is 2.68. The van der Waals surface area contributed by atoms with Crippen molar-refractivity contribution in [2.24, 2.45) is 5.92 Å². The van der Waals surface area contributed by atoms with Gasteiger partial charge < -0.3 is 10.2 Å². The van der Waals surface area contributed by atoms with Gasteiger partial charge in [-0.3, -0.25) is 10.1 Å². The number of anilines is 1. The van der Waals surface area contributed by atoms with Gasteiger partial charge in [0.1, 0.15) is 11.5 Å². The maximum atomic E-state index is 13.2. The van der Waals surface area contributed by atoms with Crippen molar-refractivity contribution in [2.75, 3.05) is 31.1 Å². The molecule has 1 heterocycles. The first-order valence-corrected chi connectivity index (χ1v) is 7.01. The Morgan fingerprint density at radius 1 is 1.45 bits per heavy atom. The topological polar surface area (TPSA) is 58.4 Å². The zero-order valence-electron chi connectivity index (χ0n) is 11.6. The first-order chi connectivity index (χ1) is 9.61. The Morgan fingerprint density at radius 3 is 2.75 bits per heavy atom. The summed E-state index contributed by atoms with van der Waals surface area (Å²) in [7, 11) is 0. The average molecular weight is 281 g/mol.